The molecule has 0 atom stereocenters. The van der Waals surface area contributed by atoms with E-state index in [0.717, 1.165) is 17.6 Å². The van der Waals surface area contributed by atoms with Crippen LogP contribution in [0.4, 0.5) is 4.39 Å². The molecule has 170 valence electrons. The summed E-state index contributed by atoms with van der Waals surface area (Å²) in [5.74, 6) is -1.11. The predicted molar refractivity (Wildman–Crippen MR) is 113 cm³/mol. The van der Waals surface area contributed by atoms with Crippen LogP contribution < -0.4 is 11.0 Å². The van der Waals surface area contributed by atoms with Crippen LogP contribution in [0.5, 0.6) is 0 Å². The van der Waals surface area contributed by atoms with Crippen LogP contribution in [-0.2, 0) is 22.9 Å². The van der Waals surface area contributed by atoms with Gasteiger partial charge in [-0.05, 0) is 31.0 Å². The first kappa shape index (κ1) is 24.8. The lowest BCUT2D eigenvalue weighted by molar-refractivity contribution is -0.138. The average molecular weight is 463 g/mol. The highest BCUT2D eigenvalue weighted by atomic mass is 32.1. The molecular weight excluding hydrogens is 441 g/mol. The van der Waals surface area contributed by atoms with Gasteiger partial charge in [0.1, 0.15) is 5.82 Å². The lowest BCUT2D eigenvalue weighted by Gasteiger charge is -2.22. The van der Waals surface area contributed by atoms with Crippen LogP contribution in [0.2, 0.25) is 0 Å². The number of carbonyl (C=O) groups excluding carboxylic acids is 1. The number of benzene rings is 1. The van der Waals surface area contributed by atoms with E-state index in [4.69, 9.17) is 13.6 Å². The Kier molecular flexibility index (Phi) is 8.27. The van der Waals surface area contributed by atoms with E-state index in [-0.39, 0.29) is 24.1 Å². The van der Waals surface area contributed by atoms with Gasteiger partial charge in [0.2, 0.25) is 5.91 Å². The SMILES string of the molecule is Cc1cnn(-c2ccc(-c3cc(=O)n(CCC(C)(C)C(=O)NO)cc3F)cc2)n1.O=S=O. The summed E-state index contributed by atoms with van der Waals surface area (Å²) in [6, 6.07) is 8.13. The Morgan fingerprint density at radius 3 is 2.41 bits per heavy atom. The quantitative estimate of drug-likeness (QED) is 0.420. The number of aromatic nitrogens is 4. The highest BCUT2D eigenvalue weighted by Gasteiger charge is 2.27. The minimum atomic E-state index is -0.905. The number of carbonyl (C=O) groups is 1. The lowest BCUT2D eigenvalue weighted by atomic mass is 9.88. The molecule has 0 saturated heterocycles. The second-order valence-electron chi connectivity index (χ2n) is 7.53. The molecule has 3 aromatic rings. The van der Waals surface area contributed by atoms with Gasteiger partial charge in [-0.15, -0.1) is 0 Å². The van der Waals surface area contributed by atoms with Gasteiger partial charge in [-0.2, -0.15) is 23.4 Å². The van der Waals surface area contributed by atoms with Crippen LogP contribution in [0, 0.1) is 18.2 Å². The second-order valence-corrected chi connectivity index (χ2v) is 7.67. The number of pyridine rings is 1. The van der Waals surface area contributed by atoms with Gasteiger partial charge in [-0.25, -0.2) is 9.87 Å². The van der Waals surface area contributed by atoms with Crippen molar-refractivity contribution in [2.75, 3.05) is 0 Å². The van der Waals surface area contributed by atoms with Crippen LogP contribution in [-0.4, -0.2) is 39.1 Å². The molecule has 0 bridgehead atoms. The van der Waals surface area contributed by atoms with Gasteiger partial charge in [0.15, 0.2) is 0 Å². The molecular formula is C20H22FN5O5S. The summed E-state index contributed by atoms with van der Waals surface area (Å²) < 4.78 is 32.5. The highest BCUT2D eigenvalue weighted by Crippen LogP contribution is 2.24. The third-order valence-corrected chi connectivity index (χ3v) is 4.79. The van der Waals surface area contributed by atoms with Crippen molar-refractivity contribution in [3.8, 4) is 16.8 Å². The van der Waals surface area contributed by atoms with Gasteiger partial charge in [0.25, 0.3) is 5.56 Å². The Balaban J connectivity index is 0.00000114. The topological polar surface area (TPSA) is 136 Å². The van der Waals surface area contributed by atoms with E-state index < -0.39 is 28.7 Å². The largest absolute Gasteiger partial charge is 0.335 e. The van der Waals surface area contributed by atoms with Crippen molar-refractivity contribution in [2.24, 2.45) is 5.41 Å². The molecule has 0 aliphatic rings. The number of nitrogens with zero attached hydrogens (tertiary/aromatic N) is 4. The van der Waals surface area contributed by atoms with Crippen LogP contribution in [0.3, 0.4) is 0 Å². The van der Waals surface area contributed by atoms with Crippen molar-refractivity contribution < 1.29 is 22.8 Å². The molecule has 0 radical (unpaired) electrons. The lowest BCUT2D eigenvalue weighted by Crippen LogP contribution is -2.36. The fourth-order valence-electron chi connectivity index (χ4n) is 2.84. The monoisotopic (exact) mass is 463 g/mol. The van der Waals surface area contributed by atoms with Gasteiger partial charge in [0.05, 0.1) is 17.6 Å². The maximum Gasteiger partial charge on any atom is 0.335 e. The molecule has 0 saturated carbocycles. The summed E-state index contributed by atoms with van der Waals surface area (Å²) in [6.07, 6.45) is 3.03. The summed E-state index contributed by atoms with van der Waals surface area (Å²) in [5.41, 5.74) is 2.57. The molecule has 3 rings (SSSR count). The molecule has 0 unspecified atom stereocenters. The first-order valence-corrected chi connectivity index (χ1v) is 10.1. The highest BCUT2D eigenvalue weighted by molar-refractivity contribution is 7.51. The second kappa shape index (κ2) is 10.7. The van der Waals surface area contributed by atoms with Gasteiger partial charge in [0, 0.05) is 29.8 Å². The number of hydroxylamine groups is 1. The van der Waals surface area contributed by atoms with E-state index >= 15 is 0 Å². The van der Waals surface area contributed by atoms with Gasteiger partial charge in [-0.1, -0.05) is 26.0 Å². The number of hydrogen-bond acceptors (Lipinski definition) is 7. The van der Waals surface area contributed by atoms with E-state index in [0.29, 0.717) is 5.56 Å². The van der Waals surface area contributed by atoms with Crippen molar-refractivity contribution in [1.82, 2.24) is 25.0 Å². The molecule has 1 aromatic carbocycles. The zero-order chi connectivity index (χ0) is 23.9. The van der Waals surface area contributed by atoms with E-state index in [1.165, 1.54) is 15.4 Å². The van der Waals surface area contributed by atoms with Crippen molar-refractivity contribution in [3.63, 3.8) is 0 Å². The van der Waals surface area contributed by atoms with Crippen LogP contribution in [0.25, 0.3) is 16.8 Å². The fourth-order valence-corrected chi connectivity index (χ4v) is 2.84. The minimum absolute atomic E-state index is 0.139. The summed E-state index contributed by atoms with van der Waals surface area (Å²) in [5, 5.41) is 17.1. The third-order valence-electron chi connectivity index (χ3n) is 4.79. The summed E-state index contributed by atoms with van der Waals surface area (Å²) in [7, 11) is 0. The normalized spacial score (nSPS) is 10.8. The minimum Gasteiger partial charge on any atom is -0.313 e. The summed E-state index contributed by atoms with van der Waals surface area (Å²) >= 11 is -0.750. The Hall–Kier alpha value is -3.51. The zero-order valence-electron chi connectivity index (χ0n) is 17.6. The number of aryl methyl sites for hydroxylation is 2. The Labute approximate surface area is 186 Å². The van der Waals surface area contributed by atoms with Gasteiger partial charge < -0.3 is 4.57 Å². The number of halogens is 1. The Morgan fingerprint density at radius 1 is 1.25 bits per heavy atom. The number of hydrogen-bond donors (Lipinski definition) is 2. The molecule has 2 heterocycles. The van der Waals surface area contributed by atoms with Crippen molar-refractivity contribution >= 4 is 17.5 Å². The van der Waals surface area contributed by atoms with E-state index in [2.05, 4.69) is 10.2 Å². The predicted octanol–water partition coefficient (Wildman–Crippen LogP) is 1.80. The average Bonchev–Trinajstić information content (AvgIpc) is 3.20. The zero-order valence-corrected chi connectivity index (χ0v) is 18.4. The molecule has 0 fully saturated rings. The molecule has 1 amide bonds. The standard InChI is InChI=1S/C20H22FN5O3.O2S/c1-13-11-22-26(23-13)15-6-4-14(5-7-15)16-10-18(27)25(12-17(16)21)9-8-20(2,3)19(28)24-29;1-3-2/h4-7,10-12,29H,8-9H2,1-3H3,(H,24,28);. The smallest absolute Gasteiger partial charge is 0.313 e. The molecule has 12 heteroatoms. The molecule has 0 aliphatic carbocycles. The van der Waals surface area contributed by atoms with E-state index in [1.54, 1.807) is 49.8 Å². The van der Waals surface area contributed by atoms with E-state index in [1.807, 2.05) is 6.92 Å². The van der Waals surface area contributed by atoms with Crippen molar-refractivity contribution in [1.29, 1.82) is 0 Å². The first-order chi connectivity index (χ1) is 15.1. The number of rotatable bonds is 6. The number of nitrogens with one attached hydrogen (secondary N) is 1. The van der Waals surface area contributed by atoms with Crippen LogP contribution in [0.15, 0.2) is 47.5 Å². The Morgan fingerprint density at radius 2 is 1.88 bits per heavy atom. The molecule has 0 spiro atoms. The summed E-state index contributed by atoms with van der Waals surface area (Å²) in [6.45, 7) is 5.23. The van der Waals surface area contributed by atoms with Gasteiger partial charge in [-0.3, -0.25) is 14.8 Å². The van der Waals surface area contributed by atoms with Crippen LogP contribution >= 0.6 is 0 Å². The summed E-state index contributed by atoms with van der Waals surface area (Å²) in [4.78, 5) is 25.5. The fraction of sp³-hybridized carbons (Fsp3) is 0.300. The molecule has 0 aliphatic heterocycles. The molecule has 2 aromatic heterocycles. The maximum atomic E-state index is 14.7. The van der Waals surface area contributed by atoms with Crippen molar-refractivity contribution in [3.05, 3.63) is 64.6 Å². The molecule has 10 nitrogen and oxygen atoms in total. The maximum absolute atomic E-state index is 14.7. The number of amides is 1. The van der Waals surface area contributed by atoms with Crippen LogP contribution in [0.1, 0.15) is 26.0 Å². The first-order valence-electron chi connectivity index (χ1n) is 9.39. The Bertz CT molecular complexity index is 1180. The molecule has 32 heavy (non-hydrogen) atoms. The van der Waals surface area contributed by atoms with Gasteiger partial charge >= 0.3 is 11.6 Å². The molecule has 2 N–H and O–H groups in total. The van der Waals surface area contributed by atoms with Crippen molar-refractivity contribution in [2.45, 2.75) is 33.7 Å². The third kappa shape index (κ3) is 6.02. The van der Waals surface area contributed by atoms with E-state index in [9.17, 15) is 14.0 Å².